The van der Waals surface area contributed by atoms with E-state index in [1.807, 2.05) is 30.3 Å². The Balaban J connectivity index is 2.99. The Morgan fingerprint density at radius 3 is 2.14 bits per heavy atom. The summed E-state index contributed by atoms with van der Waals surface area (Å²) in [6.45, 7) is 7.41. The molecule has 14 heavy (non-hydrogen) atoms. The summed E-state index contributed by atoms with van der Waals surface area (Å²) in [4.78, 5) is 0. The van der Waals surface area contributed by atoms with E-state index in [1.54, 1.807) is 12.2 Å². The Kier molecular flexibility index (Phi) is 3.69. The van der Waals surface area contributed by atoms with Gasteiger partial charge in [-0.1, -0.05) is 42.5 Å². The fourth-order valence-corrected chi connectivity index (χ4v) is 1.41. The molecular weight excluding hydrogens is 170 g/mol. The molecule has 0 fully saturated rings. The highest BCUT2D eigenvalue weighted by Crippen LogP contribution is 2.25. The lowest BCUT2D eigenvalue weighted by atomic mass is 9.87. The van der Waals surface area contributed by atoms with Crippen LogP contribution in [0.25, 0.3) is 0 Å². The van der Waals surface area contributed by atoms with Crippen molar-refractivity contribution in [2.24, 2.45) is 5.92 Å². The lowest BCUT2D eigenvalue weighted by Gasteiger charge is -2.14. The second-order valence-corrected chi connectivity index (χ2v) is 3.07. The zero-order valence-electron chi connectivity index (χ0n) is 8.06. The normalized spacial score (nSPS) is 11.7. The maximum Gasteiger partial charge on any atom is 0.0809 e. The zero-order chi connectivity index (χ0) is 10.4. The third-order valence-electron chi connectivity index (χ3n) is 2.23. The SMILES string of the molecule is C=CC(C=C)C(C#N)c1ccccc1. The van der Waals surface area contributed by atoms with E-state index in [1.165, 1.54) is 0 Å². The van der Waals surface area contributed by atoms with Crippen molar-refractivity contribution >= 4 is 0 Å². The first kappa shape index (κ1) is 10.3. The molecule has 0 N–H and O–H groups in total. The molecule has 0 saturated heterocycles. The van der Waals surface area contributed by atoms with Gasteiger partial charge in [0.15, 0.2) is 0 Å². The number of hydrogen-bond donors (Lipinski definition) is 0. The van der Waals surface area contributed by atoms with Gasteiger partial charge in [-0.25, -0.2) is 0 Å². The van der Waals surface area contributed by atoms with Gasteiger partial charge in [0, 0.05) is 5.92 Å². The first-order valence-corrected chi connectivity index (χ1v) is 4.53. The maximum atomic E-state index is 9.07. The summed E-state index contributed by atoms with van der Waals surface area (Å²) < 4.78 is 0. The third-order valence-corrected chi connectivity index (χ3v) is 2.23. The summed E-state index contributed by atoms with van der Waals surface area (Å²) in [6.07, 6.45) is 3.52. The second kappa shape index (κ2) is 5.04. The molecule has 70 valence electrons. The number of allylic oxidation sites excluding steroid dienone is 2. The predicted molar refractivity (Wildman–Crippen MR) is 58.7 cm³/mol. The van der Waals surface area contributed by atoms with Crippen LogP contribution in [0, 0.1) is 17.2 Å². The molecule has 0 heterocycles. The Morgan fingerprint density at radius 2 is 1.71 bits per heavy atom. The van der Waals surface area contributed by atoms with Crippen LogP contribution in [0.5, 0.6) is 0 Å². The van der Waals surface area contributed by atoms with E-state index in [4.69, 9.17) is 5.26 Å². The molecule has 0 bridgehead atoms. The van der Waals surface area contributed by atoms with Gasteiger partial charge in [0.1, 0.15) is 0 Å². The Bertz CT molecular complexity index is 337. The molecule has 1 aromatic carbocycles. The van der Waals surface area contributed by atoms with E-state index in [9.17, 15) is 0 Å². The Hall–Kier alpha value is -1.81. The Morgan fingerprint density at radius 1 is 1.14 bits per heavy atom. The van der Waals surface area contributed by atoms with E-state index >= 15 is 0 Å². The van der Waals surface area contributed by atoms with E-state index in [-0.39, 0.29) is 11.8 Å². The van der Waals surface area contributed by atoms with Crippen molar-refractivity contribution in [3.63, 3.8) is 0 Å². The lowest BCUT2D eigenvalue weighted by molar-refractivity contribution is 0.722. The molecule has 0 radical (unpaired) electrons. The first-order valence-electron chi connectivity index (χ1n) is 4.53. The molecule has 0 amide bonds. The zero-order valence-corrected chi connectivity index (χ0v) is 8.06. The van der Waals surface area contributed by atoms with Crippen molar-refractivity contribution in [1.82, 2.24) is 0 Å². The molecule has 0 spiro atoms. The molecular formula is C13H13N. The topological polar surface area (TPSA) is 23.8 Å². The van der Waals surface area contributed by atoms with Crippen LogP contribution in [0.4, 0.5) is 0 Å². The largest absolute Gasteiger partial charge is 0.198 e. The molecule has 1 atom stereocenters. The molecule has 1 heteroatoms. The predicted octanol–water partition coefficient (Wildman–Crippen LogP) is 3.28. The summed E-state index contributed by atoms with van der Waals surface area (Å²) >= 11 is 0. The summed E-state index contributed by atoms with van der Waals surface area (Å²) in [7, 11) is 0. The lowest BCUT2D eigenvalue weighted by Crippen LogP contribution is -2.05. The minimum atomic E-state index is -0.175. The molecule has 0 aromatic heterocycles. The smallest absolute Gasteiger partial charge is 0.0809 e. The van der Waals surface area contributed by atoms with Crippen molar-refractivity contribution in [1.29, 1.82) is 5.26 Å². The van der Waals surface area contributed by atoms with Crippen LogP contribution in [-0.2, 0) is 0 Å². The maximum absolute atomic E-state index is 9.07. The summed E-state index contributed by atoms with van der Waals surface area (Å²) in [5.74, 6) is -0.159. The van der Waals surface area contributed by atoms with Gasteiger partial charge in [-0.05, 0) is 5.56 Å². The van der Waals surface area contributed by atoms with Crippen LogP contribution < -0.4 is 0 Å². The van der Waals surface area contributed by atoms with Crippen LogP contribution >= 0.6 is 0 Å². The van der Waals surface area contributed by atoms with E-state index in [2.05, 4.69) is 19.2 Å². The fraction of sp³-hybridized carbons (Fsp3) is 0.154. The van der Waals surface area contributed by atoms with Gasteiger partial charge in [0.25, 0.3) is 0 Å². The molecule has 0 aliphatic carbocycles. The summed E-state index contributed by atoms with van der Waals surface area (Å²) in [5.41, 5.74) is 1.01. The minimum absolute atomic E-state index is 0.0161. The van der Waals surface area contributed by atoms with Gasteiger partial charge in [-0.2, -0.15) is 5.26 Å². The van der Waals surface area contributed by atoms with E-state index in [0.29, 0.717) is 0 Å². The van der Waals surface area contributed by atoms with Crippen LogP contribution in [0.2, 0.25) is 0 Å². The van der Waals surface area contributed by atoms with Crippen molar-refractivity contribution < 1.29 is 0 Å². The molecule has 0 saturated carbocycles. The molecule has 1 unspecified atom stereocenters. The standard InChI is InChI=1S/C13H13N/c1-3-11(4-2)13(10-14)12-8-6-5-7-9-12/h3-9,11,13H,1-2H2. The number of benzene rings is 1. The first-order chi connectivity index (χ1) is 6.83. The third kappa shape index (κ3) is 2.11. The monoisotopic (exact) mass is 183 g/mol. The van der Waals surface area contributed by atoms with Crippen LogP contribution in [0.3, 0.4) is 0 Å². The summed E-state index contributed by atoms with van der Waals surface area (Å²) in [5, 5.41) is 9.07. The highest BCUT2D eigenvalue weighted by molar-refractivity contribution is 5.28. The van der Waals surface area contributed by atoms with Crippen molar-refractivity contribution in [2.45, 2.75) is 5.92 Å². The van der Waals surface area contributed by atoms with Gasteiger partial charge in [-0.3, -0.25) is 0 Å². The number of rotatable bonds is 4. The van der Waals surface area contributed by atoms with E-state index < -0.39 is 0 Å². The molecule has 0 aliphatic heterocycles. The average molecular weight is 183 g/mol. The molecule has 1 rings (SSSR count). The minimum Gasteiger partial charge on any atom is -0.198 e. The van der Waals surface area contributed by atoms with Gasteiger partial charge in [-0.15, -0.1) is 13.2 Å². The van der Waals surface area contributed by atoms with Gasteiger partial charge < -0.3 is 0 Å². The Labute approximate surface area is 85.0 Å². The van der Waals surface area contributed by atoms with Gasteiger partial charge >= 0.3 is 0 Å². The summed E-state index contributed by atoms with van der Waals surface area (Å²) in [6, 6.07) is 12.0. The van der Waals surface area contributed by atoms with Crippen molar-refractivity contribution in [2.75, 3.05) is 0 Å². The highest BCUT2D eigenvalue weighted by Gasteiger charge is 2.16. The van der Waals surface area contributed by atoms with E-state index in [0.717, 1.165) is 5.56 Å². The molecule has 1 aromatic rings. The second-order valence-electron chi connectivity index (χ2n) is 3.07. The van der Waals surface area contributed by atoms with Gasteiger partial charge in [0.05, 0.1) is 12.0 Å². The fourth-order valence-electron chi connectivity index (χ4n) is 1.41. The van der Waals surface area contributed by atoms with Crippen LogP contribution in [0.15, 0.2) is 55.6 Å². The number of nitriles is 1. The van der Waals surface area contributed by atoms with Crippen LogP contribution in [-0.4, -0.2) is 0 Å². The number of hydrogen-bond acceptors (Lipinski definition) is 1. The average Bonchev–Trinajstić information content (AvgIpc) is 2.27. The van der Waals surface area contributed by atoms with Gasteiger partial charge in [0.2, 0.25) is 0 Å². The van der Waals surface area contributed by atoms with Crippen LogP contribution in [0.1, 0.15) is 11.5 Å². The number of nitrogens with zero attached hydrogens (tertiary/aromatic N) is 1. The van der Waals surface area contributed by atoms with Crippen molar-refractivity contribution in [3.8, 4) is 6.07 Å². The highest BCUT2D eigenvalue weighted by atomic mass is 14.3. The van der Waals surface area contributed by atoms with Crippen molar-refractivity contribution in [3.05, 3.63) is 61.2 Å². The molecule has 1 nitrogen and oxygen atoms in total. The molecule has 0 aliphatic rings. The quantitative estimate of drug-likeness (QED) is 0.657.